The molecule has 0 aliphatic carbocycles. The van der Waals surface area contributed by atoms with E-state index in [-0.39, 0.29) is 25.4 Å². The zero-order valence-electron chi connectivity index (χ0n) is 16.4. The van der Waals surface area contributed by atoms with Crippen LogP contribution in [0.25, 0.3) is 16.8 Å². The molecule has 0 unspecified atom stereocenters. The maximum atomic E-state index is 11.7. The smallest absolute Gasteiger partial charge is 0.411 e. The Kier molecular flexibility index (Phi) is 5.73. The lowest BCUT2D eigenvalue weighted by molar-refractivity contribution is 0.122. The van der Waals surface area contributed by atoms with E-state index < -0.39 is 6.09 Å². The van der Waals surface area contributed by atoms with E-state index in [0.717, 1.165) is 22.5 Å². The molecule has 4 N–H and O–H groups in total. The summed E-state index contributed by atoms with van der Waals surface area (Å²) >= 11 is 0. The highest BCUT2D eigenvalue weighted by atomic mass is 16.5. The van der Waals surface area contributed by atoms with Gasteiger partial charge in [-0.15, -0.1) is 0 Å². The van der Waals surface area contributed by atoms with Crippen LogP contribution >= 0.6 is 0 Å². The van der Waals surface area contributed by atoms with Crippen molar-refractivity contribution < 1.29 is 24.9 Å². The largest absolute Gasteiger partial charge is 0.508 e. The highest BCUT2D eigenvalue weighted by molar-refractivity contribution is 5.81. The first-order valence-corrected chi connectivity index (χ1v) is 9.79. The van der Waals surface area contributed by atoms with Crippen molar-refractivity contribution in [2.45, 2.75) is 6.54 Å². The third-order valence-electron chi connectivity index (χ3n) is 5.17. The summed E-state index contributed by atoms with van der Waals surface area (Å²) in [5.74, 6) is 0.938. The van der Waals surface area contributed by atoms with Crippen LogP contribution in [0.15, 0.2) is 36.5 Å². The molecule has 4 rings (SSSR count). The Balaban J connectivity index is 1.87. The summed E-state index contributed by atoms with van der Waals surface area (Å²) in [6.45, 7) is 3.00. The fraction of sp³-hybridized carbons (Fsp3) is 0.333. The Morgan fingerprint density at radius 3 is 2.60 bits per heavy atom. The molecule has 1 amide bonds. The number of hydrogen-bond acceptors (Lipinski definition) is 7. The summed E-state index contributed by atoms with van der Waals surface area (Å²) in [7, 11) is 0. The second-order valence-corrected chi connectivity index (χ2v) is 7.11. The topological polar surface area (TPSA) is 118 Å². The van der Waals surface area contributed by atoms with Gasteiger partial charge in [0.05, 0.1) is 37.8 Å². The number of morpholine rings is 1. The summed E-state index contributed by atoms with van der Waals surface area (Å²) < 4.78 is 5.46. The molecular weight excluding hydrogens is 388 g/mol. The minimum Gasteiger partial charge on any atom is -0.508 e. The van der Waals surface area contributed by atoms with Crippen LogP contribution < -0.4 is 10.2 Å². The SMILES string of the molecule is O=C(O)N1C=C(NCCO)c2nc(N3CCOCC3)cc(-c3ccc(O)cc3)c2C1. The molecule has 2 aliphatic rings. The van der Waals surface area contributed by atoms with Crippen LogP contribution in [0.2, 0.25) is 0 Å². The van der Waals surface area contributed by atoms with Crippen molar-refractivity contribution in [1.82, 2.24) is 15.2 Å². The van der Waals surface area contributed by atoms with Crippen molar-refractivity contribution >= 4 is 17.6 Å². The van der Waals surface area contributed by atoms with Crippen molar-refractivity contribution in [2.24, 2.45) is 0 Å². The van der Waals surface area contributed by atoms with E-state index in [1.54, 1.807) is 24.3 Å². The number of nitrogens with one attached hydrogen (secondary N) is 1. The number of amides is 1. The average molecular weight is 412 g/mol. The molecule has 0 spiro atoms. The molecule has 9 nitrogen and oxygen atoms in total. The zero-order chi connectivity index (χ0) is 21.1. The molecule has 2 aliphatic heterocycles. The van der Waals surface area contributed by atoms with Gasteiger partial charge in [-0.1, -0.05) is 12.1 Å². The number of carbonyl (C=O) groups is 1. The van der Waals surface area contributed by atoms with Gasteiger partial charge >= 0.3 is 6.09 Å². The molecule has 9 heteroatoms. The predicted molar refractivity (Wildman–Crippen MR) is 111 cm³/mol. The van der Waals surface area contributed by atoms with Crippen LogP contribution in [-0.4, -0.2) is 70.8 Å². The van der Waals surface area contributed by atoms with Crippen molar-refractivity contribution in [3.63, 3.8) is 0 Å². The summed E-state index contributed by atoms with van der Waals surface area (Å²) in [4.78, 5) is 19.9. The molecule has 0 saturated carbocycles. The van der Waals surface area contributed by atoms with Gasteiger partial charge < -0.3 is 30.3 Å². The molecule has 0 atom stereocenters. The second-order valence-electron chi connectivity index (χ2n) is 7.11. The molecule has 1 saturated heterocycles. The number of phenols is 1. The highest BCUT2D eigenvalue weighted by Gasteiger charge is 2.27. The van der Waals surface area contributed by atoms with Gasteiger partial charge in [-0.25, -0.2) is 9.78 Å². The molecule has 1 aromatic heterocycles. The number of ether oxygens (including phenoxy) is 1. The average Bonchev–Trinajstić information content (AvgIpc) is 2.77. The van der Waals surface area contributed by atoms with Crippen LogP contribution in [0.1, 0.15) is 11.3 Å². The number of aromatic hydroxyl groups is 1. The number of aliphatic hydroxyl groups is 1. The number of phenolic OH excluding ortho intramolecular Hbond substituents is 1. The van der Waals surface area contributed by atoms with Gasteiger partial charge in [0.15, 0.2) is 0 Å². The zero-order valence-corrected chi connectivity index (χ0v) is 16.4. The van der Waals surface area contributed by atoms with Crippen molar-refractivity contribution in [3.05, 3.63) is 47.8 Å². The Labute approximate surface area is 173 Å². The van der Waals surface area contributed by atoms with E-state index >= 15 is 0 Å². The van der Waals surface area contributed by atoms with Gasteiger partial charge in [-0.2, -0.15) is 0 Å². The van der Waals surface area contributed by atoms with Gasteiger partial charge in [0.25, 0.3) is 0 Å². The maximum Gasteiger partial charge on any atom is 0.411 e. The minimum absolute atomic E-state index is 0.0896. The predicted octanol–water partition coefficient (Wildman–Crippen LogP) is 1.66. The highest BCUT2D eigenvalue weighted by Crippen LogP contribution is 2.36. The van der Waals surface area contributed by atoms with Crippen molar-refractivity contribution in [3.8, 4) is 16.9 Å². The van der Waals surface area contributed by atoms with Gasteiger partial charge in [0.2, 0.25) is 0 Å². The minimum atomic E-state index is -1.07. The molecule has 1 aromatic carbocycles. The summed E-state index contributed by atoms with van der Waals surface area (Å²) in [5.41, 5.74) is 3.68. The maximum absolute atomic E-state index is 11.7. The number of aliphatic hydroxyl groups excluding tert-OH is 1. The normalized spacial score (nSPS) is 16.1. The fourth-order valence-corrected chi connectivity index (χ4v) is 3.67. The Hall–Kier alpha value is -3.30. The number of carboxylic acid groups (broad SMARTS) is 1. The van der Waals surface area contributed by atoms with Gasteiger partial charge in [0.1, 0.15) is 11.6 Å². The Morgan fingerprint density at radius 2 is 1.93 bits per heavy atom. The van der Waals surface area contributed by atoms with E-state index in [1.807, 2.05) is 6.07 Å². The first-order valence-electron chi connectivity index (χ1n) is 9.79. The third kappa shape index (κ3) is 4.03. The standard InChI is InChI=1S/C21H24N4O5/c26-8-5-22-18-13-25(21(28)29)12-17-16(14-1-3-15(27)4-2-14)11-19(23-20(17)18)24-6-9-30-10-7-24/h1-4,11,13,22,26-27H,5-10,12H2,(H,28,29). The molecule has 30 heavy (non-hydrogen) atoms. The fourth-order valence-electron chi connectivity index (χ4n) is 3.67. The van der Waals surface area contributed by atoms with Crippen LogP contribution in [0, 0.1) is 0 Å². The molecule has 3 heterocycles. The second kappa shape index (κ2) is 8.60. The van der Waals surface area contributed by atoms with Crippen molar-refractivity contribution in [1.29, 1.82) is 0 Å². The lowest BCUT2D eigenvalue weighted by Gasteiger charge is -2.32. The number of hydrogen-bond donors (Lipinski definition) is 4. The van der Waals surface area contributed by atoms with E-state index in [1.165, 1.54) is 11.1 Å². The third-order valence-corrected chi connectivity index (χ3v) is 5.17. The number of aromatic nitrogens is 1. The Bertz CT molecular complexity index is 955. The van der Waals surface area contributed by atoms with Crippen LogP contribution in [0.4, 0.5) is 10.6 Å². The molecule has 158 valence electrons. The molecule has 0 radical (unpaired) electrons. The molecule has 1 fully saturated rings. The first-order chi connectivity index (χ1) is 14.6. The van der Waals surface area contributed by atoms with Crippen LogP contribution in [0.3, 0.4) is 0 Å². The molecule has 2 aromatic rings. The van der Waals surface area contributed by atoms with E-state index in [9.17, 15) is 20.1 Å². The Morgan fingerprint density at radius 1 is 1.20 bits per heavy atom. The van der Waals surface area contributed by atoms with E-state index in [2.05, 4.69) is 10.2 Å². The summed E-state index contributed by atoms with van der Waals surface area (Å²) in [5, 5.41) is 31.6. The van der Waals surface area contributed by atoms with Crippen LogP contribution in [0.5, 0.6) is 5.75 Å². The van der Waals surface area contributed by atoms with Gasteiger partial charge in [-0.05, 0) is 29.3 Å². The number of fused-ring (bicyclic) bond motifs is 1. The van der Waals surface area contributed by atoms with E-state index in [0.29, 0.717) is 37.7 Å². The monoisotopic (exact) mass is 412 g/mol. The number of pyridine rings is 1. The summed E-state index contributed by atoms with van der Waals surface area (Å²) in [6, 6.07) is 8.78. The molecule has 0 bridgehead atoms. The van der Waals surface area contributed by atoms with Gasteiger partial charge in [0, 0.05) is 31.4 Å². The first kappa shape index (κ1) is 20.0. The number of nitrogens with zero attached hydrogens (tertiary/aromatic N) is 3. The molecular formula is C21H24N4O5. The van der Waals surface area contributed by atoms with Crippen LogP contribution in [-0.2, 0) is 11.3 Å². The lowest BCUT2D eigenvalue weighted by Crippen LogP contribution is -2.37. The summed E-state index contributed by atoms with van der Waals surface area (Å²) in [6.07, 6.45) is 0.440. The van der Waals surface area contributed by atoms with Gasteiger partial charge in [-0.3, -0.25) is 4.90 Å². The van der Waals surface area contributed by atoms with Crippen molar-refractivity contribution in [2.75, 3.05) is 44.4 Å². The number of benzene rings is 1. The lowest BCUT2D eigenvalue weighted by atomic mass is 9.95. The van der Waals surface area contributed by atoms with E-state index in [4.69, 9.17) is 9.72 Å². The quantitative estimate of drug-likeness (QED) is 0.586. The number of anilines is 1. The number of rotatable bonds is 5.